The van der Waals surface area contributed by atoms with Gasteiger partial charge in [0.05, 0.1) is 6.10 Å². The van der Waals surface area contributed by atoms with Crippen LogP contribution in [0.2, 0.25) is 0 Å². The SMILES string of the molecule is C/C(=C/C(=O)CCC(C)O)NC(C)(C)C. The summed E-state index contributed by atoms with van der Waals surface area (Å²) < 4.78 is 0. The topological polar surface area (TPSA) is 49.3 Å². The molecule has 0 saturated heterocycles. The Hall–Kier alpha value is -0.830. The fourth-order valence-electron chi connectivity index (χ4n) is 1.29. The van der Waals surface area contributed by atoms with E-state index in [-0.39, 0.29) is 11.3 Å². The number of nitrogens with one attached hydrogen (secondary N) is 1. The lowest BCUT2D eigenvalue weighted by Crippen LogP contribution is -2.34. The molecule has 0 rings (SSSR count). The Labute approximate surface area is 92.6 Å². The van der Waals surface area contributed by atoms with Gasteiger partial charge in [-0.25, -0.2) is 0 Å². The van der Waals surface area contributed by atoms with Crippen molar-refractivity contribution in [1.29, 1.82) is 0 Å². The summed E-state index contributed by atoms with van der Waals surface area (Å²) in [7, 11) is 0. The maximum Gasteiger partial charge on any atom is 0.157 e. The average Bonchev–Trinajstić information content (AvgIpc) is 1.96. The first-order valence-corrected chi connectivity index (χ1v) is 5.38. The van der Waals surface area contributed by atoms with E-state index in [1.54, 1.807) is 13.0 Å². The molecule has 3 nitrogen and oxygen atoms in total. The van der Waals surface area contributed by atoms with Gasteiger partial charge in [-0.05, 0) is 47.1 Å². The maximum absolute atomic E-state index is 11.4. The zero-order chi connectivity index (χ0) is 12.1. The number of ketones is 1. The molecule has 1 unspecified atom stereocenters. The van der Waals surface area contributed by atoms with Crippen molar-refractivity contribution in [3.05, 3.63) is 11.8 Å². The minimum Gasteiger partial charge on any atom is -0.393 e. The molecule has 15 heavy (non-hydrogen) atoms. The molecule has 0 radical (unpaired) electrons. The van der Waals surface area contributed by atoms with Crippen LogP contribution < -0.4 is 5.32 Å². The molecule has 0 aromatic heterocycles. The van der Waals surface area contributed by atoms with E-state index in [1.165, 1.54) is 0 Å². The van der Waals surface area contributed by atoms with E-state index in [4.69, 9.17) is 5.11 Å². The summed E-state index contributed by atoms with van der Waals surface area (Å²) in [6.45, 7) is 9.71. The van der Waals surface area contributed by atoms with Gasteiger partial charge in [-0.1, -0.05) is 0 Å². The van der Waals surface area contributed by atoms with Gasteiger partial charge in [0, 0.05) is 17.7 Å². The van der Waals surface area contributed by atoms with Gasteiger partial charge in [-0.2, -0.15) is 0 Å². The third-order valence-corrected chi connectivity index (χ3v) is 1.76. The molecule has 0 aliphatic heterocycles. The largest absolute Gasteiger partial charge is 0.393 e. The van der Waals surface area contributed by atoms with Crippen LogP contribution in [0.4, 0.5) is 0 Å². The third kappa shape index (κ3) is 9.47. The lowest BCUT2D eigenvalue weighted by atomic mass is 10.1. The highest BCUT2D eigenvalue weighted by molar-refractivity contribution is 5.90. The van der Waals surface area contributed by atoms with Gasteiger partial charge in [-0.3, -0.25) is 4.79 Å². The van der Waals surface area contributed by atoms with Gasteiger partial charge in [-0.15, -0.1) is 0 Å². The Morgan fingerprint density at radius 3 is 2.40 bits per heavy atom. The summed E-state index contributed by atoms with van der Waals surface area (Å²) in [6, 6.07) is 0. The number of allylic oxidation sites excluding steroid dienone is 2. The van der Waals surface area contributed by atoms with Crippen LogP contribution in [-0.4, -0.2) is 22.5 Å². The lowest BCUT2D eigenvalue weighted by Gasteiger charge is -2.22. The second-order valence-electron chi connectivity index (χ2n) is 5.06. The first-order chi connectivity index (χ1) is 6.70. The number of carbonyl (C=O) groups excluding carboxylic acids is 1. The Morgan fingerprint density at radius 2 is 2.00 bits per heavy atom. The van der Waals surface area contributed by atoms with Crippen molar-refractivity contribution < 1.29 is 9.90 Å². The quantitative estimate of drug-likeness (QED) is 0.687. The molecular weight excluding hydrogens is 190 g/mol. The number of aliphatic hydroxyl groups excluding tert-OH is 1. The smallest absolute Gasteiger partial charge is 0.157 e. The lowest BCUT2D eigenvalue weighted by molar-refractivity contribution is -0.115. The number of hydrogen-bond donors (Lipinski definition) is 2. The summed E-state index contributed by atoms with van der Waals surface area (Å²) >= 11 is 0. The molecule has 0 heterocycles. The first-order valence-electron chi connectivity index (χ1n) is 5.38. The average molecular weight is 213 g/mol. The van der Waals surface area contributed by atoms with Gasteiger partial charge < -0.3 is 10.4 Å². The highest BCUT2D eigenvalue weighted by Gasteiger charge is 2.09. The number of aliphatic hydroxyl groups is 1. The van der Waals surface area contributed by atoms with Crippen LogP contribution in [0.15, 0.2) is 11.8 Å². The van der Waals surface area contributed by atoms with E-state index in [2.05, 4.69) is 5.32 Å². The number of hydrogen-bond acceptors (Lipinski definition) is 3. The minimum atomic E-state index is -0.404. The fraction of sp³-hybridized carbons (Fsp3) is 0.750. The molecule has 0 fully saturated rings. The molecule has 0 amide bonds. The van der Waals surface area contributed by atoms with Gasteiger partial charge in [0.2, 0.25) is 0 Å². The van der Waals surface area contributed by atoms with Gasteiger partial charge in [0.1, 0.15) is 0 Å². The first kappa shape index (κ1) is 14.2. The summed E-state index contributed by atoms with van der Waals surface area (Å²) in [5, 5.41) is 12.2. The Balaban J connectivity index is 4.07. The summed E-state index contributed by atoms with van der Waals surface area (Å²) in [4.78, 5) is 11.4. The van der Waals surface area contributed by atoms with Crippen molar-refractivity contribution in [3.8, 4) is 0 Å². The van der Waals surface area contributed by atoms with Gasteiger partial charge in [0.15, 0.2) is 5.78 Å². The normalized spacial score (nSPS) is 14.9. The zero-order valence-electron chi connectivity index (χ0n) is 10.4. The number of carbonyl (C=O) groups is 1. The molecule has 3 heteroatoms. The zero-order valence-corrected chi connectivity index (χ0v) is 10.4. The van der Waals surface area contributed by atoms with Crippen molar-refractivity contribution in [3.63, 3.8) is 0 Å². The van der Waals surface area contributed by atoms with E-state index >= 15 is 0 Å². The third-order valence-electron chi connectivity index (χ3n) is 1.76. The predicted molar refractivity (Wildman–Crippen MR) is 62.6 cm³/mol. The minimum absolute atomic E-state index is 0.0227. The molecule has 0 spiro atoms. The second kappa shape index (κ2) is 5.91. The van der Waals surface area contributed by atoms with E-state index in [9.17, 15) is 4.79 Å². The van der Waals surface area contributed by atoms with Gasteiger partial charge >= 0.3 is 0 Å². The van der Waals surface area contributed by atoms with Crippen molar-refractivity contribution in [2.75, 3.05) is 0 Å². The van der Waals surface area contributed by atoms with Crippen molar-refractivity contribution >= 4 is 5.78 Å². The van der Waals surface area contributed by atoms with Crippen molar-refractivity contribution in [2.45, 2.75) is 59.1 Å². The molecule has 0 aromatic carbocycles. The Kier molecular flexibility index (Phi) is 5.58. The van der Waals surface area contributed by atoms with E-state index < -0.39 is 6.10 Å². The maximum atomic E-state index is 11.4. The van der Waals surface area contributed by atoms with Crippen LogP contribution in [0, 0.1) is 0 Å². The summed E-state index contributed by atoms with van der Waals surface area (Å²) in [5.74, 6) is 0.0603. The molecule has 2 N–H and O–H groups in total. The van der Waals surface area contributed by atoms with Crippen LogP contribution >= 0.6 is 0 Å². The monoisotopic (exact) mass is 213 g/mol. The highest BCUT2D eigenvalue weighted by Crippen LogP contribution is 2.04. The standard InChI is InChI=1S/C12H23NO2/c1-9(13-12(3,4)5)8-11(15)7-6-10(2)14/h8,10,13-14H,6-7H2,1-5H3/b9-8-. The summed E-state index contributed by atoms with van der Waals surface area (Å²) in [5.41, 5.74) is 0.851. The van der Waals surface area contributed by atoms with Crippen LogP contribution in [0.25, 0.3) is 0 Å². The summed E-state index contributed by atoms with van der Waals surface area (Å²) in [6.07, 6.45) is 2.13. The van der Waals surface area contributed by atoms with E-state index in [0.29, 0.717) is 12.8 Å². The number of rotatable bonds is 5. The molecular formula is C12H23NO2. The molecule has 88 valence electrons. The highest BCUT2D eigenvalue weighted by atomic mass is 16.3. The van der Waals surface area contributed by atoms with Crippen LogP contribution in [0.5, 0.6) is 0 Å². The Morgan fingerprint density at radius 1 is 1.47 bits per heavy atom. The molecule has 0 aliphatic rings. The second-order valence-corrected chi connectivity index (χ2v) is 5.06. The molecule has 0 aromatic rings. The van der Waals surface area contributed by atoms with Gasteiger partial charge in [0.25, 0.3) is 0 Å². The van der Waals surface area contributed by atoms with Crippen LogP contribution in [0.3, 0.4) is 0 Å². The fourth-order valence-corrected chi connectivity index (χ4v) is 1.29. The molecule has 0 aliphatic carbocycles. The van der Waals surface area contributed by atoms with Crippen LogP contribution in [-0.2, 0) is 4.79 Å². The van der Waals surface area contributed by atoms with Crippen LogP contribution in [0.1, 0.15) is 47.5 Å². The molecule has 0 saturated carbocycles. The van der Waals surface area contributed by atoms with E-state index in [1.807, 2.05) is 27.7 Å². The Bertz CT molecular complexity index is 236. The molecule has 0 bridgehead atoms. The predicted octanol–water partition coefficient (Wildman–Crippen LogP) is 2.01. The molecule has 1 atom stereocenters. The van der Waals surface area contributed by atoms with E-state index in [0.717, 1.165) is 5.70 Å². The van der Waals surface area contributed by atoms with Crippen molar-refractivity contribution in [2.24, 2.45) is 0 Å². The van der Waals surface area contributed by atoms with Crippen molar-refractivity contribution in [1.82, 2.24) is 5.32 Å².